The van der Waals surface area contributed by atoms with E-state index < -0.39 is 6.10 Å². The number of hydrogen-bond acceptors (Lipinski definition) is 6. The first-order chi connectivity index (χ1) is 12.1. The van der Waals surface area contributed by atoms with E-state index in [0.29, 0.717) is 18.9 Å². The number of piperazine rings is 1. The quantitative estimate of drug-likeness (QED) is 0.725. The van der Waals surface area contributed by atoms with Crippen LogP contribution in [0.4, 0.5) is 0 Å². The number of hydrogen-bond donors (Lipinski definition) is 2. The van der Waals surface area contributed by atoms with Crippen molar-refractivity contribution < 1.29 is 19.4 Å². The van der Waals surface area contributed by atoms with E-state index in [2.05, 4.69) is 22.2 Å². The number of benzene rings is 1. The molecule has 0 spiro atoms. The van der Waals surface area contributed by atoms with Crippen molar-refractivity contribution >= 4 is 5.91 Å². The van der Waals surface area contributed by atoms with Gasteiger partial charge in [-0.3, -0.25) is 9.69 Å². The van der Waals surface area contributed by atoms with Gasteiger partial charge in [-0.2, -0.15) is 0 Å². The Morgan fingerprint density at radius 2 is 2.00 bits per heavy atom. The molecule has 2 aliphatic heterocycles. The summed E-state index contributed by atoms with van der Waals surface area (Å²) in [7, 11) is 2.11. The maximum atomic E-state index is 12.0. The molecule has 3 rings (SSSR count). The number of aliphatic hydroxyl groups excluding tert-OH is 1. The topological polar surface area (TPSA) is 74.3 Å². The lowest BCUT2D eigenvalue weighted by molar-refractivity contribution is -0.124. The zero-order chi connectivity index (χ0) is 17.6. The van der Waals surface area contributed by atoms with Crippen LogP contribution in [0.3, 0.4) is 0 Å². The number of para-hydroxylation sites is 1. The number of nitrogens with zero attached hydrogens (tertiary/aromatic N) is 2. The number of nitrogens with one attached hydrogen (secondary N) is 1. The lowest BCUT2D eigenvalue weighted by atomic mass is 10.1. The van der Waals surface area contributed by atoms with Gasteiger partial charge in [-0.05, 0) is 19.2 Å². The molecule has 7 nitrogen and oxygen atoms in total. The molecule has 2 fully saturated rings. The highest BCUT2D eigenvalue weighted by atomic mass is 16.5. The van der Waals surface area contributed by atoms with Crippen LogP contribution in [0.1, 0.15) is 0 Å². The highest BCUT2D eigenvalue weighted by molar-refractivity contribution is 5.78. The van der Waals surface area contributed by atoms with E-state index in [1.165, 1.54) is 0 Å². The first-order valence-electron chi connectivity index (χ1n) is 8.79. The van der Waals surface area contributed by atoms with Crippen LogP contribution in [0.15, 0.2) is 30.3 Å². The summed E-state index contributed by atoms with van der Waals surface area (Å²) in [5.41, 5.74) is 0. The summed E-state index contributed by atoms with van der Waals surface area (Å²) in [5, 5.41) is 13.3. The Morgan fingerprint density at radius 3 is 2.72 bits per heavy atom. The van der Waals surface area contributed by atoms with E-state index in [-0.39, 0.29) is 24.7 Å². The number of amides is 1. The summed E-state index contributed by atoms with van der Waals surface area (Å²) in [6, 6.07) is 8.80. The number of rotatable bonds is 6. The number of carbonyl (C=O) groups excluding carboxylic acids is 1. The highest BCUT2D eigenvalue weighted by Gasteiger charge is 2.37. The Bertz CT molecular complexity index is 549. The van der Waals surface area contributed by atoms with E-state index >= 15 is 0 Å². The van der Waals surface area contributed by atoms with E-state index in [1.807, 2.05) is 18.2 Å². The van der Waals surface area contributed by atoms with Gasteiger partial charge in [-0.25, -0.2) is 0 Å². The first-order valence-corrected chi connectivity index (χ1v) is 8.79. The number of likely N-dealkylation sites (N-methyl/N-ethyl adjacent to an activating group) is 1. The van der Waals surface area contributed by atoms with Gasteiger partial charge in [-0.15, -0.1) is 0 Å². The fourth-order valence-electron chi connectivity index (χ4n) is 3.17. The van der Waals surface area contributed by atoms with Crippen LogP contribution in [0.5, 0.6) is 5.75 Å². The molecule has 2 saturated heterocycles. The number of carbonyl (C=O) groups is 1. The van der Waals surface area contributed by atoms with Gasteiger partial charge in [0.1, 0.15) is 11.9 Å². The summed E-state index contributed by atoms with van der Waals surface area (Å²) in [6.45, 7) is 4.96. The monoisotopic (exact) mass is 349 g/mol. The smallest absolute Gasteiger partial charge is 0.258 e. The van der Waals surface area contributed by atoms with Crippen molar-refractivity contribution in [3.8, 4) is 5.75 Å². The fourth-order valence-corrected chi connectivity index (χ4v) is 3.17. The molecule has 7 heteroatoms. The Balaban J connectivity index is 1.40. The first kappa shape index (κ1) is 18.1. The largest absolute Gasteiger partial charge is 0.484 e. The van der Waals surface area contributed by atoms with Crippen molar-refractivity contribution in [2.75, 3.05) is 53.0 Å². The molecule has 0 radical (unpaired) electrons. The third-order valence-electron chi connectivity index (χ3n) is 4.78. The predicted molar refractivity (Wildman–Crippen MR) is 93.6 cm³/mol. The average molecular weight is 349 g/mol. The van der Waals surface area contributed by atoms with Crippen LogP contribution in [-0.2, 0) is 9.53 Å². The molecule has 3 atom stereocenters. The van der Waals surface area contributed by atoms with Crippen molar-refractivity contribution in [1.82, 2.24) is 15.1 Å². The predicted octanol–water partition coefficient (Wildman–Crippen LogP) is -0.443. The van der Waals surface area contributed by atoms with Crippen LogP contribution in [0.25, 0.3) is 0 Å². The van der Waals surface area contributed by atoms with Crippen molar-refractivity contribution in [3.63, 3.8) is 0 Å². The Hall–Kier alpha value is -1.67. The fraction of sp³-hybridized carbons (Fsp3) is 0.611. The van der Waals surface area contributed by atoms with E-state index in [9.17, 15) is 9.90 Å². The van der Waals surface area contributed by atoms with Gasteiger partial charge in [0.2, 0.25) is 0 Å². The van der Waals surface area contributed by atoms with Crippen molar-refractivity contribution in [3.05, 3.63) is 30.3 Å². The molecular formula is C18H27N3O4. The molecule has 0 aromatic heterocycles. The summed E-state index contributed by atoms with van der Waals surface area (Å²) >= 11 is 0. The molecular weight excluding hydrogens is 322 g/mol. The van der Waals surface area contributed by atoms with E-state index in [1.54, 1.807) is 12.1 Å². The van der Waals surface area contributed by atoms with Crippen LogP contribution in [-0.4, -0.2) is 92.0 Å². The minimum absolute atomic E-state index is 0.0731. The minimum atomic E-state index is -0.694. The molecule has 0 bridgehead atoms. The summed E-state index contributed by atoms with van der Waals surface area (Å²) in [6.07, 6.45) is -0.955. The lowest BCUT2D eigenvalue weighted by Gasteiger charge is -2.34. The third kappa shape index (κ3) is 5.15. The molecule has 0 saturated carbocycles. The minimum Gasteiger partial charge on any atom is -0.484 e. The van der Waals surface area contributed by atoms with Gasteiger partial charge < -0.3 is 24.8 Å². The van der Waals surface area contributed by atoms with Gasteiger partial charge in [-0.1, -0.05) is 18.2 Å². The maximum absolute atomic E-state index is 12.0. The van der Waals surface area contributed by atoms with Gasteiger partial charge in [0.15, 0.2) is 6.61 Å². The molecule has 138 valence electrons. The Kier molecular flexibility index (Phi) is 6.25. The van der Waals surface area contributed by atoms with Gasteiger partial charge >= 0.3 is 0 Å². The lowest BCUT2D eigenvalue weighted by Crippen LogP contribution is -2.51. The second-order valence-electron chi connectivity index (χ2n) is 6.74. The zero-order valence-electron chi connectivity index (χ0n) is 14.6. The van der Waals surface area contributed by atoms with E-state index in [0.717, 1.165) is 26.2 Å². The van der Waals surface area contributed by atoms with Crippen molar-refractivity contribution in [1.29, 1.82) is 0 Å². The summed E-state index contributed by atoms with van der Waals surface area (Å²) in [4.78, 5) is 16.6. The number of ether oxygens (including phenoxy) is 2. The maximum Gasteiger partial charge on any atom is 0.258 e. The molecule has 2 N–H and O–H groups in total. The van der Waals surface area contributed by atoms with Gasteiger partial charge in [0.25, 0.3) is 5.91 Å². The van der Waals surface area contributed by atoms with E-state index in [4.69, 9.17) is 9.47 Å². The Labute approximate surface area is 148 Å². The summed E-state index contributed by atoms with van der Waals surface area (Å²) in [5.74, 6) is 0.394. The van der Waals surface area contributed by atoms with Crippen molar-refractivity contribution in [2.45, 2.75) is 18.2 Å². The molecule has 0 aliphatic carbocycles. The van der Waals surface area contributed by atoms with Crippen LogP contribution in [0, 0.1) is 0 Å². The molecule has 2 heterocycles. The second-order valence-corrected chi connectivity index (χ2v) is 6.74. The molecule has 25 heavy (non-hydrogen) atoms. The highest BCUT2D eigenvalue weighted by Crippen LogP contribution is 2.17. The summed E-state index contributed by atoms with van der Waals surface area (Å²) < 4.78 is 11.1. The van der Waals surface area contributed by atoms with Crippen LogP contribution in [0.2, 0.25) is 0 Å². The number of aliphatic hydroxyl groups is 1. The molecule has 1 amide bonds. The van der Waals surface area contributed by atoms with Crippen LogP contribution < -0.4 is 10.1 Å². The second kappa shape index (κ2) is 8.62. The molecule has 0 unspecified atom stereocenters. The average Bonchev–Trinajstić information content (AvgIpc) is 2.96. The molecule has 1 aromatic rings. The third-order valence-corrected chi connectivity index (χ3v) is 4.78. The normalized spacial score (nSPS) is 28.0. The zero-order valence-corrected chi connectivity index (χ0v) is 14.6. The SMILES string of the molecule is CN1CCN(C[C@@H]2OC[C@H](NC(=O)COc3ccccc3)[C@H]2O)CC1. The molecule has 2 aliphatic rings. The van der Waals surface area contributed by atoms with Crippen LogP contribution >= 0.6 is 0 Å². The van der Waals surface area contributed by atoms with Gasteiger partial charge in [0, 0.05) is 32.7 Å². The van der Waals surface area contributed by atoms with Gasteiger partial charge in [0.05, 0.1) is 18.8 Å². The molecule has 1 aromatic carbocycles. The van der Waals surface area contributed by atoms with Crippen molar-refractivity contribution in [2.24, 2.45) is 0 Å². The standard InChI is InChI=1S/C18H27N3O4/c1-20-7-9-21(10-8-20)11-16-18(23)15(12-25-16)19-17(22)13-24-14-5-3-2-4-6-14/h2-6,15-16,18,23H,7-13H2,1H3,(H,19,22)/t15-,16-,18+/m0/s1. The Morgan fingerprint density at radius 1 is 1.28 bits per heavy atom.